The third-order valence-corrected chi connectivity index (χ3v) is 6.21. The summed E-state index contributed by atoms with van der Waals surface area (Å²) in [5.41, 5.74) is 3.81. The van der Waals surface area contributed by atoms with Crippen LogP contribution in [0.1, 0.15) is 41.4 Å². The number of fused-ring (bicyclic) bond motifs is 1. The average Bonchev–Trinajstić information content (AvgIpc) is 3.31. The summed E-state index contributed by atoms with van der Waals surface area (Å²) < 4.78 is 10.8. The highest BCUT2D eigenvalue weighted by molar-refractivity contribution is 5.95. The molecule has 0 unspecified atom stereocenters. The van der Waals surface area contributed by atoms with Gasteiger partial charge in [0, 0.05) is 48.6 Å². The maximum atomic E-state index is 13.1. The van der Waals surface area contributed by atoms with Crippen LogP contribution in [-0.4, -0.2) is 53.7 Å². The van der Waals surface area contributed by atoms with E-state index in [1.54, 1.807) is 18.2 Å². The van der Waals surface area contributed by atoms with Gasteiger partial charge in [0.1, 0.15) is 5.82 Å². The molecule has 7 nitrogen and oxygen atoms in total. The van der Waals surface area contributed by atoms with Crippen LogP contribution in [0, 0.1) is 6.92 Å². The van der Waals surface area contributed by atoms with Crippen LogP contribution < -0.4 is 14.4 Å². The van der Waals surface area contributed by atoms with Gasteiger partial charge in [-0.3, -0.25) is 4.79 Å². The zero-order chi connectivity index (χ0) is 22.9. The Balaban J connectivity index is 1.37. The molecule has 0 atom stereocenters. The molecule has 3 heterocycles. The predicted octanol–water partition coefficient (Wildman–Crippen LogP) is 4.27. The van der Waals surface area contributed by atoms with Gasteiger partial charge in [0.05, 0.1) is 0 Å². The Morgan fingerprint density at radius 3 is 2.39 bits per heavy atom. The summed E-state index contributed by atoms with van der Waals surface area (Å²) in [6, 6.07) is 15.5. The number of carbonyl (C=O) groups excluding carboxylic acids is 1. The first-order valence-corrected chi connectivity index (χ1v) is 11.4. The molecule has 1 saturated heterocycles. The summed E-state index contributed by atoms with van der Waals surface area (Å²) in [5, 5.41) is 0. The summed E-state index contributed by atoms with van der Waals surface area (Å²) >= 11 is 0. The van der Waals surface area contributed by atoms with Gasteiger partial charge in [-0.05, 0) is 31.0 Å². The quantitative estimate of drug-likeness (QED) is 0.599. The molecule has 2 aliphatic heterocycles. The number of rotatable bonds is 4. The van der Waals surface area contributed by atoms with Crippen LogP contribution in [-0.2, 0) is 0 Å². The van der Waals surface area contributed by atoms with Crippen molar-refractivity contribution in [2.24, 2.45) is 0 Å². The number of amides is 1. The average molecular weight is 445 g/mol. The lowest BCUT2D eigenvalue weighted by Gasteiger charge is -2.37. The maximum absolute atomic E-state index is 13.1. The van der Waals surface area contributed by atoms with E-state index in [2.05, 4.69) is 25.7 Å². The minimum absolute atomic E-state index is 0.0147. The molecule has 0 N–H and O–H groups in total. The highest BCUT2D eigenvalue weighted by Gasteiger charge is 2.27. The largest absolute Gasteiger partial charge is 0.454 e. The van der Waals surface area contributed by atoms with Gasteiger partial charge in [0.2, 0.25) is 6.79 Å². The molecule has 1 amide bonds. The summed E-state index contributed by atoms with van der Waals surface area (Å²) in [7, 11) is 0. The van der Waals surface area contributed by atoms with Crippen LogP contribution in [0.5, 0.6) is 11.5 Å². The van der Waals surface area contributed by atoms with E-state index in [4.69, 9.17) is 19.4 Å². The topological polar surface area (TPSA) is 67.8 Å². The number of hydrogen-bond donors (Lipinski definition) is 0. The summed E-state index contributed by atoms with van der Waals surface area (Å²) in [6.45, 7) is 9.33. The minimum Gasteiger partial charge on any atom is -0.454 e. The second kappa shape index (κ2) is 8.73. The number of anilines is 1. The zero-order valence-corrected chi connectivity index (χ0v) is 19.2. The highest BCUT2D eigenvalue weighted by atomic mass is 16.7. The number of nitrogens with zero attached hydrogens (tertiary/aromatic N) is 4. The SMILES string of the molecule is Cc1nc(-c2ccccc2)nc(N2CCN(C(=O)c3ccc4c(c3)OCO4)CC2)c1C(C)C. The zero-order valence-electron chi connectivity index (χ0n) is 19.2. The maximum Gasteiger partial charge on any atom is 0.254 e. The van der Waals surface area contributed by atoms with Crippen molar-refractivity contribution in [3.05, 3.63) is 65.4 Å². The van der Waals surface area contributed by atoms with Crippen molar-refractivity contribution >= 4 is 11.7 Å². The Hall–Kier alpha value is -3.61. The molecule has 170 valence electrons. The molecule has 1 aromatic heterocycles. The standard InChI is InChI=1S/C26H28N4O3/c1-17(2)23-18(3)27-24(19-7-5-4-6-8-19)28-25(23)29-11-13-30(14-12-29)26(31)20-9-10-21-22(15-20)33-16-32-21/h4-10,15,17H,11-14,16H2,1-3H3. The van der Waals surface area contributed by atoms with E-state index in [0.717, 1.165) is 36.0 Å². The first kappa shape index (κ1) is 21.2. The van der Waals surface area contributed by atoms with E-state index in [1.165, 1.54) is 5.56 Å². The first-order valence-electron chi connectivity index (χ1n) is 11.4. The molecule has 33 heavy (non-hydrogen) atoms. The highest BCUT2D eigenvalue weighted by Crippen LogP contribution is 2.34. The molecular weight excluding hydrogens is 416 g/mol. The predicted molar refractivity (Wildman–Crippen MR) is 127 cm³/mol. The number of aryl methyl sites for hydroxylation is 1. The third kappa shape index (κ3) is 4.11. The van der Waals surface area contributed by atoms with Gasteiger partial charge in [0.25, 0.3) is 5.91 Å². The Bertz CT molecular complexity index is 1170. The molecular formula is C26H28N4O3. The van der Waals surface area contributed by atoms with E-state index < -0.39 is 0 Å². The van der Waals surface area contributed by atoms with Crippen molar-refractivity contribution in [2.45, 2.75) is 26.7 Å². The normalized spacial score (nSPS) is 15.3. The molecule has 0 bridgehead atoms. The van der Waals surface area contributed by atoms with Crippen molar-refractivity contribution < 1.29 is 14.3 Å². The summed E-state index contributed by atoms with van der Waals surface area (Å²) in [5.74, 6) is 3.36. The molecule has 7 heteroatoms. The number of piperazine rings is 1. The lowest BCUT2D eigenvalue weighted by Crippen LogP contribution is -2.49. The van der Waals surface area contributed by atoms with Crippen molar-refractivity contribution in [3.8, 4) is 22.9 Å². The van der Waals surface area contributed by atoms with Crippen molar-refractivity contribution in [1.29, 1.82) is 0 Å². The van der Waals surface area contributed by atoms with Crippen LogP contribution >= 0.6 is 0 Å². The Morgan fingerprint density at radius 1 is 0.939 bits per heavy atom. The fourth-order valence-electron chi connectivity index (χ4n) is 4.53. The second-order valence-corrected chi connectivity index (χ2v) is 8.74. The smallest absolute Gasteiger partial charge is 0.254 e. The molecule has 5 rings (SSSR count). The van der Waals surface area contributed by atoms with Crippen LogP contribution in [0.4, 0.5) is 5.82 Å². The molecule has 2 aliphatic rings. The van der Waals surface area contributed by atoms with Gasteiger partial charge in [-0.15, -0.1) is 0 Å². The van der Waals surface area contributed by atoms with E-state index in [1.807, 2.05) is 35.2 Å². The van der Waals surface area contributed by atoms with E-state index in [-0.39, 0.29) is 12.7 Å². The summed E-state index contributed by atoms with van der Waals surface area (Å²) in [4.78, 5) is 27.1. The van der Waals surface area contributed by atoms with Crippen molar-refractivity contribution in [1.82, 2.24) is 14.9 Å². The van der Waals surface area contributed by atoms with Crippen molar-refractivity contribution in [3.63, 3.8) is 0 Å². The molecule has 0 saturated carbocycles. The molecule has 0 radical (unpaired) electrons. The van der Waals surface area contributed by atoms with Gasteiger partial charge in [-0.2, -0.15) is 0 Å². The summed E-state index contributed by atoms with van der Waals surface area (Å²) in [6.07, 6.45) is 0. The Labute approximate surface area is 194 Å². The van der Waals surface area contributed by atoms with E-state index in [0.29, 0.717) is 36.1 Å². The molecule has 3 aromatic rings. The monoisotopic (exact) mass is 444 g/mol. The van der Waals surface area contributed by atoms with Crippen molar-refractivity contribution in [2.75, 3.05) is 37.9 Å². The van der Waals surface area contributed by atoms with Crippen LogP contribution in [0.2, 0.25) is 0 Å². The molecule has 2 aromatic carbocycles. The fourth-order valence-corrected chi connectivity index (χ4v) is 4.53. The van der Waals surface area contributed by atoms with E-state index >= 15 is 0 Å². The number of ether oxygens (including phenoxy) is 2. The lowest BCUT2D eigenvalue weighted by molar-refractivity contribution is 0.0746. The van der Waals surface area contributed by atoms with Gasteiger partial charge in [0.15, 0.2) is 17.3 Å². The Kier molecular flexibility index (Phi) is 5.62. The minimum atomic E-state index is 0.0147. The van der Waals surface area contributed by atoms with Crippen LogP contribution in [0.25, 0.3) is 11.4 Å². The number of hydrogen-bond acceptors (Lipinski definition) is 6. The van der Waals surface area contributed by atoms with E-state index in [9.17, 15) is 4.79 Å². The molecule has 1 fully saturated rings. The van der Waals surface area contributed by atoms with Gasteiger partial charge < -0.3 is 19.3 Å². The lowest BCUT2D eigenvalue weighted by atomic mass is 10.0. The number of benzene rings is 2. The third-order valence-electron chi connectivity index (χ3n) is 6.21. The van der Waals surface area contributed by atoms with Gasteiger partial charge >= 0.3 is 0 Å². The second-order valence-electron chi connectivity index (χ2n) is 8.74. The number of aromatic nitrogens is 2. The van der Waals surface area contributed by atoms with Crippen LogP contribution in [0.3, 0.4) is 0 Å². The molecule has 0 aliphatic carbocycles. The first-order chi connectivity index (χ1) is 16.0. The van der Waals surface area contributed by atoms with Crippen LogP contribution in [0.15, 0.2) is 48.5 Å². The fraction of sp³-hybridized carbons (Fsp3) is 0.346. The van der Waals surface area contributed by atoms with Gasteiger partial charge in [-0.1, -0.05) is 44.2 Å². The molecule has 0 spiro atoms. The van der Waals surface area contributed by atoms with Gasteiger partial charge in [-0.25, -0.2) is 9.97 Å². The number of carbonyl (C=O) groups is 1. The Morgan fingerprint density at radius 2 is 1.67 bits per heavy atom.